The third-order valence-corrected chi connectivity index (χ3v) is 2.43. The number of ketones is 1. The van der Waals surface area contributed by atoms with Crippen molar-refractivity contribution in [2.24, 2.45) is 15.8 Å². The number of rotatable bonds is 4. The highest BCUT2D eigenvalue weighted by Gasteiger charge is 2.27. The first-order valence-electron chi connectivity index (χ1n) is 5.77. The number of aliphatic hydroxyl groups excluding tert-OH is 1. The molecule has 0 aliphatic carbocycles. The lowest BCUT2D eigenvalue weighted by atomic mass is 9.81. The summed E-state index contributed by atoms with van der Waals surface area (Å²) in [6, 6.07) is 0. The summed E-state index contributed by atoms with van der Waals surface area (Å²) in [6.07, 6.45) is 0.382. The van der Waals surface area contributed by atoms with Gasteiger partial charge in [-0.3, -0.25) is 9.79 Å². The second kappa shape index (κ2) is 5.58. The third kappa shape index (κ3) is 5.40. The van der Waals surface area contributed by atoms with Gasteiger partial charge in [-0.1, -0.05) is 41.5 Å². The number of nitrogens with zero attached hydrogens (tertiary/aromatic N) is 1. The summed E-state index contributed by atoms with van der Waals surface area (Å²) < 4.78 is 0. The van der Waals surface area contributed by atoms with Crippen LogP contribution < -0.4 is 0 Å². The van der Waals surface area contributed by atoms with Gasteiger partial charge in [-0.2, -0.15) is 0 Å². The lowest BCUT2D eigenvalue weighted by Gasteiger charge is -2.24. The zero-order chi connectivity index (χ0) is 13.0. The molecule has 0 atom stereocenters. The van der Waals surface area contributed by atoms with Crippen molar-refractivity contribution in [1.29, 1.82) is 0 Å². The smallest absolute Gasteiger partial charge is 0.143 e. The topological polar surface area (TPSA) is 49.7 Å². The first-order chi connectivity index (χ1) is 7.09. The Balaban J connectivity index is 4.77. The highest BCUT2D eigenvalue weighted by molar-refractivity contribution is 6.06. The van der Waals surface area contributed by atoms with Crippen LogP contribution in [0.5, 0.6) is 0 Å². The van der Waals surface area contributed by atoms with Crippen LogP contribution in [0.15, 0.2) is 4.99 Å². The van der Waals surface area contributed by atoms with E-state index in [1.165, 1.54) is 0 Å². The Morgan fingerprint density at radius 3 is 1.88 bits per heavy atom. The van der Waals surface area contributed by atoms with Gasteiger partial charge in [0, 0.05) is 23.0 Å². The average molecular weight is 227 g/mol. The highest BCUT2D eigenvalue weighted by Crippen LogP contribution is 2.24. The molecule has 0 unspecified atom stereocenters. The van der Waals surface area contributed by atoms with E-state index in [-0.39, 0.29) is 23.2 Å². The minimum Gasteiger partial charge on any atom is -0.394 e. The summed E-state index contributed by atoms with van der Waals surface area (Å²) in [5.74, 6) is 0.194. The van der Waals surface area contributed by atoms with Crippen LogP contribution in [0, 0.1) is 10.8 Å². The predicted molar refractivity (Wildman–Crippen MR) is 67.9 cm³/mol. The molecule has 94 valence electrons. The van der Waals surface area contributed by atoms with E-state index in [1.807, 2.05) is 41.5 Å². The van der Waals surface area contributed by atoms with Crippen LogP contribution in [0.1, 0.15) is 48.0 Å². The van der Waals surface area contributed by atoms with Gasteiger partial charge in [0.05, 0.1) is 13.2 Å². The molecule has 3 heteroatoms. The minimum atomic E-state index is -0.328. The van der Waals surface area contributed by atoms with E-state index in [0.717, 1.165) is 5.71 Å². The van der Waals surface area contributed by atoms with E-state index in [0.29, 0.717) is 13.0 Å². The van der Waals surface area contributed by atoms with Crippen LogP contribution in [0.3, 0.4) is 0 Å². The van der Waals surface area contributed by atoms with E-state index in [2.05, 4.69) is 4.99 Å². The van der Waals surface area contributed by atoms with E-state index < -0.39 is 0 Å². The molecule has 0 aromatic carbocycles. The third-order valence-electron chi connectivity index (χ3n) is 2.43. The molecule has 0 saturated heterocycles. The molecule has 0 radical (unpaired) electrons. The summed E-state index contributed by atoms with van der Waals surface area (Å²) in [4.78, 5) is 16.3. The molecular weight excluding hydrogens is 202 g/mol. The lowest BCUT2D eigenvalue weighted by Crippen LogP contribution is -2.29. The second-order valence-electron chi connectivity index (χ2n) is 6.15. The zero-order valence-corrected chi connectivity index (χ0v) is 11.4. The molecule has 0 aliphatic rings. The fourth-order valence-electron chi connectivity index (χ4n) is 1.16. The number of carbonyl (C=O) groups excluding carboxylic acids is 1. The fraction of sp³-hybridized carbons (Fsp3) is 0.846. The summed E-state index contributed by atoms with van der Waals surface area (Å²) in [7, 11) is 0. The Kier molecular flexibility index (Phi) is 5.33. The van der Waals surface area contributed by atoms with Gasteiger partial charge in [-0.15, -0.1) is 0 Å². The molecule has 0 aromatic heterocycles. The summed E-state index contributed by atoms with van der Waals surface area (Å²) >= 11 is 0. The van der Waals surface area contributed by atoms with Crippen LogP contribution in [-0.4, -0.2) is 29.8 Å². The number of carbonyl (C=O) groups is 1. The largest absolute Gasteiger partial charge is 0.394 e. The van der Waals surface area contributed by atoms with Crippen molar-refractivity contribution in [1.82, 2.24) is 0 Å². The molecule has 0 spiro atoms. The summed E-state index contributed by atoms with van der Waals surface area (Å²) in [5.41, 5.74) is 0.433. The monoisotopic (exact) mass is 227 g/mol. The van der Waals surface area contributed by atoms with Crippen molar-refractivity contribution < 1.29 is 9.90 Å². The van der Waals surface area contributed by atoms with E-state index >= 15 is 0 Å². The van der Waals surface area contributed by atoms with Gasteiger partial charge in [-0.25, -0.2) is 0 Å². The van der Waals surface area contributed by atoms with Crippen molar-refractivity contribution in [3.05, 3.63) is 0 Å². The molecule has 0 saturated carbocycles. The first-order valence-corrected chi connectivity index (χ1v) is 5.77. The highest BCUT2D eigenvalue weighted by atomic mass is 16.3. The molecular formula is C13H25NO2. The first kappa shape index (κ1) is 15.3. The fourth-order valence-corrected chi connectivity index (χ4v) is 1.16. The Morgan fingerprint density at radius 2 is 1.56 bits per heavy atom. The number of hydrogen-bond donors (Lipinski definition) is 1. The summed E-state index contributed by atoms with van der Waals surface area (Å²) in [5, 5.41) is 8.78. The molecule has 0 aromatic rings. The van der Waals surface area contributed by atoms with Gasteiger partial charge < -0.3 is 5.11 Å². The van der Waals surface area contributed by atoms with Crippen LogP contribution in [0.25, 0.3) is 0 Å². The standard InChI is InChI=1S/C13H25NO2/c1-12(2,3)10(14-7-8-15)9-11(16)13(4,5)6/h15H,7-9H2,1-6H3. The van der Waals surface area contributed by atoms with Crippen molar-refractivity contribution in [3.8, 4) is 0 Å². The van der Waals surface area contributed by atoms with Crippen LogP contribution in [0.4, 0.5) is 0 Å². The number of hydrogen-bond acceptors (Lipinski definition) is 3. The summed E-state index contributed by atoms with van der Waals surface area (Å²) in [6.45, 7) is 12.3. The van der Waals surface area contributed by atoms with Gasteiger partial charge in [0.25, 0.3) is 0 Å². The molecule has 0 heterocycles. The van der Waals surface area contributed by atoms with Crippen molar-refractivity contribution in [2.45, 2.75) is 48.0 Å². The van der Waals surface area contributed by atoms with Crippen LogP contribution in [0.2, 0.25) is 0 Å². The van der Waals surface area contributed by atoms with Crippen molar-refractivity contribution >= 4 is 11.5 Å². The van der Waals surface area contributed by atoms with E-state index in [9.17, 15) is 4.79 Å². The van der Waals surface area contributed by atoms with Gasteiger partial charge >= 0.3 is 0 Å². The molecule has 0 fully saturated rings. The maximum absolute atomic E-state index is 11.9. The van der Waals surface area contributed by atoms with Crippen LogP contribution in [-0.2, 0) is 4.79 Å². The molecule has 16 heavy (non-hydrogen) atoms. The SMILES string of the molecule is CC(C)(C)C(=O)CC(=NCCO)C(C)(C)C. The Hall–Kier alpha value is -0.700. The Bertz CT molecular complexity index is 267. The van der Waals surface area contributed by atoms with Gasteiger partial charge in [0.2, 0.25) is 0 Å². The Morgan fingerprint density at radius 1 is 1.06 bits per heavy atom. The molecule has 1 N–H and O–H groups in total. The van der Waals surface area contributed by atoms with E-state index in [4.69, 9.17) is 5.11 Å². The minimum absolute atomic E-state index is 0.0310. The predicted octanol–water partition coefficient (Wildman–Crippen LogP) is 2.47. The van der Waals surface area contributed by atoms with Gasteiger partial charge in [-0.05, 0) is 0 Å². The number of Topliss-reactive ketones (excluding diaryl/α,β-unsaturated/α-hetero) is 1. The quantitative estimate of drug-likeness (QED) is 0.750. The van der Waals surface area contributed by atoms with Gasteiger partial charge in [0.15, 0.2) is 0 Å². The van der Waals surface area contributed by atoms with E-state index in [1.54, 1.807) is 0 Å². The Labute approximate surface area is 99.0 Å². The van der Waals surface area contributed by atoms with Crippen molar-refractivity contribution in [2.75, 3.05) is 13.2 Å². The number of aliphatic imine (C=N–C) groups is 1. The molecule has 0 aliphatic heterocycles. The molecule has 0 rings (SSSR count). The normalized spacial score (nSPS) is 14.1. The maximum atomic E-state index is 11.9. The lowest BCUT2D eigenvalue weighted by molar-refractivity contribution is -0.125. The average Bonchev–Trinajstić information content (AvgIpc) is 2.08. The zero-order valence-electron chi connectivity index (χ0n) is 11.4. The molecule has 0 amide bonds. The molecule has 3 nitrogen and oxygen atoms in total. The second-order valence-corrected chi connectivity index (χ2v) is 6.15. The molecule has 0 bridgehead atoms. The van der Waals surface area contributed by atoms with Gasteiger partial charge in [0.1, 0.15) is 5.78 Å². The maximum Gasteiger partial charge on any atom is 0.143 e. The number of aliphatic hydroxyl groups is 1. The van der Waals surface area contributed by atoms with Crippen LogP contribution >= 0.6 is 0 Å². The van der Waals surface area contributed by atoms with Crippen molar-refractivity contribution in [3.63, 3.8) is 0 Å².